The monoisotopic (exact) mass is 264 g/mol. The van der Waals surface area contributed by atoms with Gasteiger partial charge in [-0.1, -0.05) is 20.8 Å². The summed E-state index contributed by atoms with van der Waals surface area (Å²) in [5, 5.41) is 20.9. The molecule has 4 nitrogen and oxygen atoms in total. The molecule has 0 bridgehead atoms. The number of carbonyl (C=O) groups excluding carboxylic acids is 1. The fourth-order valence-corrected chi connectivity index (χ4v) is 2.66. The highest BCUT2D eigenvalue weighted by Gasteiger charge is 2.30. The number of aliphatic hydroxyl groups excluding tert-OH is 1. The van der Waals surface area contributed by atoms with Crippen LogP contribution < -0.4 is 5.32 Å². The van der Waals surface area contributed by atoms with Crippen LogP contribution in [-0.4, -0.2) is 17.1 Å². The summed E-state index contributed by atoms with van der Waals surface area (Å²) in [4.78, 5) is 11.8. The predicted molar refractivity (Wildman–Crippen MR) is 74.3 cm³/mol. The number of aliphatic hydroxyl groups is 1. The summed E-state index contributed by atoms with van der Waals surface area (Å²) in [6, 6.07) is 1.86. The molecule has 0 aromatic carbocycles. The standard InChI is InChI=1S/C15H24N2O2/c1-10(18)13(9-16)14(19)17-12-7-5-11(6-8-12)15(2,3)4/h11-12,18H,5-8H2,1-4H3,(H,17,19)/t11-,12+. The van der Waals surface area contributed by atoms with Gasteiger partial charge in [-0.15, -0.1) is 0 Å². The van der Waals surface area contributed by atoms with Gasteiger partial charge in [0.05, 0.1) is 0 Å². The Kier molecular flexibility index (Phi) is 4.99. The van der Waals surface area contributed by atoms with E-state index in [9.17, 15) is 9.90 Å². The molecule has 1 rings (SSSR count). The molecule has 19 heavy (non-hydrogen) atoms. The second-order valence-electron chi connectivity index (χ2n) is 6.46. The number of nitrogens with zero attached hydrogens (tertiary/aromatic N) is 1. The van der Waals surface area contributed by atoms with E-state index in [2.05, 4.69) is 26.1 Å². The van der Waals surface area contributed by atoms with Gasteiger partial charge in [-0.05, 0) is 43.9 Å². The van der Waals surface area contributed by atoms with E-state index in [0.29, 0.717) is 11.3 Å². The molecule has 0 unspecified atom stereocenters. The van der Waals surface area contributed by atoms with E-state index >= 15 is 0 Å². The van der Waals surface area contributed by atoms with Crippen LogP contribution in [0.3, 0.4) is 0 Å². The van der Waals surface area contributed by atoms with Crippen LogP contribution in [0.25, 0.3) is 0 Å². The Labute approximate surface area is 115 Å². The summed E-state index contributed by atoms with van der Waals surface area (Å²) in [5.74, 6) is 0.0105. The van der Waals surface area contributed by atoms with Gasteiger partial charge in [0.25, 0.3) is 5.91 Å². The molecule has 2 N–H and O–H groups in total. The number of rotatable bonds is 2. The average Bonchev–Trinajstić information content (AvgIpc) is 2.28. The molecular weight excluding hydrogens is 240 g/mol. The van der Waals surface area contributed by atoms with Crippen molar-refractivity contribution >= 4 is 5.91 Å². The van der Waals surface area contributed by atoms with Crippen molar-refractivity contribution < 1.29 is 9.90 Å². The Bertz CT molecular complexity index is 401. The lowest BCUT2D eigenvalue weighted by atomic mass is 9.71. The second-order valence-corrected chi connectivity index (χ2v) is 6.46. The van der Waals surface area contributed by atoms with Gasteiger partial charge in [-0.2, -0.15) is 5.26 Å². The minimum Gasteiger partial charge on any atom is -0.511 e. The number of hydrogen-bond donors (Lipinski definition) is 2. The Morgan fingerprint density at radius 2 is 1.79 bits per heavy atom. The Balaban J connectivity index is 2.53. The van der Waals surface area contributed by atoms with Gasteiger partial charge in [0.2, 0.25) is 0 Å². The van der Waals surface area contributed by atoms with E-state index < -0.39 is 5.91 Å². The third kappa shape index (κ3) is 4.27. The molecule has 0 aromatic heterocycles. The lowest BCUT2D eigenvalue weighted by Crippen LogP contribution is -2.40. The van der Waals surface area contributed by atoms with Gasteiger partial charge in [0.15, 0.2) is 5.57 Å². The van der Waals surface area contributed by atoms with E-state index in [4.69, 9.17) is 5.26 Å². The van der Waals surface area contributed by atoms with Crippen LogP contribution in [0, 0.1) is 22.7 Å². The van der Waals surface area contributed by atoms with Crippen molar-refractivity contribution in [2.24, 2.45) is 11.3 Å². The highest BCUT2D eigenvalue weighted by molar-refractivity contribution is 5.97. The highest BCUT2D eigenvalue weighted by atomic mass is 16.3. The summed E-state index contributed by atoms with van der Waals surface area (Å²) in [7, 11) is 0. The molecule has 0 atom stereocenters. The maximum Gasteiger partial charge on any atom is 0.265 e. The minimum atomic E-state index is -0.457. The molecule has 1 amide bonds. The van der Waals surface area contributed by atoms with Crippen molar-refractivity contribution in [2.45, 2.75) is 59.4 Å². The van der Waals surface area contributed by atoms with Crippen LogP contribution in [0.4, 0.5) is 0 Å². The van der Waals surface area contributed by atoms with Crippen LogP contribution in [0.15, 0.2) is 11.3 Å². The molecule has 0 spiro atoms. The van der Waals surface area contributed by atoms with Crippen LogP contribution in [0.2, 0.25) is 0 Å². The van der Waals surface area contributed by atoms with Crippen molar-refractivity contribution in [1.82, 2.24) is 5.32 Å². The summed E-state index contributed by atoms with van der Waals surface area (Å²) < 4.78 is 0. The molecule has 1 saturated carbocycles. The third-order valence-electron chi connectivity index (χ3n) is 3.99. The van der Waals surface area contributed by atoms with Gasteiger partial charge in [0, 0.05) is 6.04 Å². The first-order chi connectivity index (χ1) is 8.75. The number of amides is 1. The summed E-state index contributed by atoms with van der Waals surface area (Å²) in [6.45, 7) is 8.11. The SMILES string of the molecule is CC(O)=C(C#N)C(=O)N[C@H]1CC[C@@H](C(C)(C)C)CC1. The summed E-state index contributed by atoms with van der Waals surface area (Å²) >= 11 is 0. The zero-order chi connectivity index (χ0) is 14.6. The molecule has 1 fully saturated rings. The quantitative estimate of drug-likeness (QED) is 0.457. The van der Waals surface area contributed by atoms with E-state index in [1.165, 1.54) is 6.92 Å². The van der Waals surface area contributed by atoms with Gasteiger partial charge >= 0.3 is 0 Å². The molecule has 4 heteroatoms. The van der Waals surface area contributed by atoms with Gasteiger partial charge in [0.1, 0.15) is 11.8 Å². The van der Waals surface area contributed by atoms with E-state index in [0.717, 1.165) is 25.7 Å². The second kappa shape index (κ2) is 6.10. The van der Waals surface area contributed by atoms with Crippen molar-refractivity contribution in [3.8, 4) is 6.07 Å². The van der Waals surface area contributed by atoms with Crippen molar-refractivity contribution in [1.29, 1.82) is 5.26 Å². The Hall–Kier alpha value is -1.50. The predicted octanol–water partition coefficient (Wildman–Crippen LogP) is 3.06. The molecule has 0 heterocycles. The molecule has 1 aliphatic carbocycles. The number of nitriles is 1. The zero-order valence-electron chi connectivity index (χ0n) is 12.3. The van der Waals surface area contributed by atoms with Gasteiger partial charge in [-0.25, -0.2) is 0 Å². The number of hydrogen-bond acceptors (Lipinski definition) is 3. The first-order valence-corrected chi connectivity index (χ1v) is 6.86. The Morgan fingerprint density at radius 1 is 1.26 bits per heavy atom. The maximum absolute atomic E-state index is 11.8. The molecule has 106 valence electrons. The highest BCUT2D eigenvalue weighted by Crippen LogP contribution is 2.37. The lowest BCUT2D eigenvalue weighted by molar-refractivity contribution is -0.118. The number of allylic oxidation sites excluding steroid dienone is 1. The van der Waals surface area contributed by atoms with Gasteiger partial charge < -0.3 is 10.4 Å². The Morgan fingerprint density at radius 3 is 2.16 bits per heavy atom. The van der Waals surface area contributed by atoms with Crippen molar-refractivity contribution in [2.75, 3.05) is 0 Å². The average molecular weight is 264 g/mol. The fraction of sp³-hybridized carbons (Fsp3) is 0.733. The van der Waals surface area contributed by atoms with Crippen LogP contribution >= 0.6 is 0 Å². The van der Waals surface area contributed by atoms with Crippen molar-refractivity contribution in [3.63, 3.8) is 0 Å². The van der Waals surface area contributed by atoms with E-state index in [1.54, 1.807) is 6.07 Å². The van der Waals surface area contributed by atoms with E-state index in [1.807, 2.05) is 0 Å². The number of carbonyl (C=O) groups is 1. The molecule has 0 radical (unpaired) electrons. The minimum absolute atomic E-state index is 0.119. The first-order valence-electron chi connectivity index (χ1n) is 6.86. The van der Waals surface area contributed by atoms with Crippen molar-refractivity contribution in [3.05, 3.63) is 11.3 Å². The molecular formula is C15H24N2O2. The smallest absolute Gasteiger partial charge is 0.265 e. The van der Waals surface area contributed by atoms with E-state index in [-0.39, 0.29) is 17.4 Å². The third-order valence-corrected chi connectivity index (χ3v) is 3.99. The summed E-state index contributed by atoms with van der Waals surface area (Å²) in [6.07, 6.45) is 4.07. The number of nitrogens with one attached hydrogen (secondary N) is 1. The zero-order valence-corrected chi connectivity index (χ0v) is 12.3. The van der Waals surface area contributed by atoms with Crippen LogP contribution in [0.1, 0.15) is 53.4 Å². The topological polar surface area (TPSA) is 73.1 Å². The maximum atomic E-state index is 11.8. The van der Waals surface area contributed by atoms with Crippen LogP contribution in [-0.2, 0) is 4.79 Å². The first kappa shape index (κ1) is 15.6. The summed E-state index contributed by atoms with van der Waals surface area (Å²) in [5.41, 5.74) is 0.131. The molecule has 1 aliphatic rings. The molecule has 0 aromatic rings. The van der Waals surface area contributed by atoms with Gasteiger partial charge in [-0.3, -0.25) is 4.79 Å². The normalized spacial score (nSPS) is 25.2. The van der Waals surface area contributed by atoms with Crippen LogP contribution in [0.5, 0.6) is 0 Å². The fourth-order valence-electron chi connectivity index (χ4n) is 2.66. The lowest BCUT2D eigenvalue weighted by Gasteiger charge is -2.37. The molecule has 0 aliphatic heterocycles. The largest absolute Gasteiger partial charge is 0.511 e. The molecule has 0 saturated heterocycles.